The number of hydrogen-bond acceptors (Lipinski definition) is 2. The Bertz CT molecular complexity index is 580. The third-order valence-corrected chi connectivity index (χ3v) is 3.00. The molecule has 0 heterocycles. The molecule has 0 fully saturated rings. The standard InChI is InChI=1S/C17H17N3O/c1-14(12-13-18)19-17(21)20(15-8-4-2-5-9-15)16-10-6-3-7-11-16/h2-11,14H,12H2,1H3,(H,19,21). The molecule has 4 heteroatoms. The van der Waals surface area contributed by atoms with Crippen molar-refractivity contribution in [3.8, 4) is 6.07 Å². The quantitative estimate of drug-likeness (QED) is 0.924. The Morgan fingerprint density at radius 2 is 1.57 bits per heavy atom. The van der Waals surface area contributed by atoms with E-state index in [0.717, 1.165) is 11.4 Å². The number of benzene rings is 2. The van der Waals surface area contributed by atoms with Gasteiger partial charge in [0.2, 0.25) is 0 Å². The average Bonchev–Trinajstić information content (AvgIpc) is 2.50. The summed E-state index contributed by atoms with van der Waals surface area (Å²) < 4.78 is 0. The lowest BCUT2D eigenvalue weighted by atomic mass is 10.2. The normalized spacial score (nSPS) is 11.2. The van der Waals surface area contributed by atoms with E-state index in [4.69, 9.17) is 5.26 Å². The van der Waals surface area contributed by atoms with Gasteiger partial charge in [0.1, 0.15) is 0 Å². The first-order valence-corrected chi connectivity index (χ1v) is 6.80. The SMILES string of the molecule is CC(CC#N)NC(=O)N(c1ccccc1)c1ccccc1. The Balaban J connectivity index is 2.29. The predicted molar refractivity (Wildman–Crippen MR) is 83.2 cm³/mol. The maximum absolute atomic E-state index is 12.5. The van der Waals surface area contributed by atoms with Crippen molar-refractivity contribution in [2.75, 3.05) is 4.90 Å². The molecular weight excluding hydrogens is 262 g/mol. The first kappa shape index (κ1) is 14.6. The highest BCUT2D eigenvalue weighted by Crippen LogP contribution is 2.24. The lowest BCUT2D eigenvalue weighted by molar-refractivity contribution is 0.245. The van der Waals surface area contributed by atoms with E-state index in [2.05, 4.69) is 11.4 Å². The maximum Gasteiger partial charge on any atom is 0.326 e. The minimum absolute atomic E-state index is 0.197. The van der Waals surface area contributed by atoms with E-state index in [1.54, 1.807) is 4.90 Å². The van der Waals surface area contributed by atoms with Crippen LogP contribution in [0.15, 0.2) is 60.7 Å². The minimum Gasteiger partial charge on any atom is -0.334 e. The average molecular weight is 279 g/mol. The Hall–Kier alpha value is -2.80. The predicted octanol–water partition coefficient (Wildman–Crippen LogP) is 3.84. The highest BCUT2D eigenvalue weighted by atomic mass is 16.2. The maximum atomic E-state index is 12.5. The van der Waals surface area contributed by atoms with Crippen LogP contribution in [0.4, 0.5) is 16.2 Å². The fraction of sp³-hybridized carbons (Fsp3) is 0.176. The van der Waals surface area contributed by atoms with Gasteiger partial charge in [-0.1, -0.05) is 36.4 Å². The summed E-state index contributed by atoms with van der Waals surface area (Å²) in [6, 6.07) is 20.5. The van der Waals surface area contributed by atoms with Gasteiger partial charge in [-0.05, 0) is 31.2 Å². The highest BCUT2D eigenvalue weighted by Gasteiger charge is 2.19. The van der Waals surface area contributed by atoms with Crippen molar-refractivity contribution in [3.05, 3.63) is 60.7 Å². The number of nitrogens with one attached hydrogen (secondary N) is 1. The van der Waals surface area contributed by atoms with E-state index in [0.29, 0.717) is 0 Å². The Kier molecular flexibility index (Phi) is 4.94. The molecule has 2 aromatic rings. The minimum atomic E-state index is -0.241. The number of carbonyl (C=O) groups excluding carboxylic acids is 1. The zero-order chi connectivity index (χ0) is 15.1. The molecule has 0 saturated carbocycles. The summed E-state index contributed by atoms with van der Waals surface area (Å²) in [5, 5.41) is 11.5. The number of para-hydroxylation sites is 2. The van der Waals surface area contributed by atoms with Crippen LogP contribution in [0.1, 0.15) is 13.3 Å². The highest BCUT2D eigenvalue weighted by molar-refractivity contribution is 5.99. The number of carbonyl (C=O) groups is 1. The zero-order valence-electron chi connectivity index (χ0n) is 11.9. The molecule has 0 aromatic heterocycles. The summed E-state index contributed by atoms with van der Waals surface area (Å²) >= 11 is 0. The van der Waals surface area contributed by atoms with Gasteiger partial charge < -0.3 is 5.32 Å². The van der Waals surface area contributed by atoms with E-state index in [1.807, 2.05) is 67.6 Å². The van der Waals surface area contributed by atoms with Gasteiger partial charge >= 0.3 is 6.03 Å². The van der Waals surface area contributed by atoms with Crippen molar-refractivity contribution in [2.24, 2.45) is 0 Å². The van der Waals surface area contributed by atoms with Gasteiger partial charge in [-0.25, -0.2) is 4.79 Å². The van der Waals surface area contributed by atoms with Crippen LogP contribution in [-0.2, 0) is 0 Å². The molecule has 1 N–H and O–H groups in total. The number of nitrogens with zero attached hydrogens (tertiary/aromatic N) is 2. The fourth-order valence-electron chi connectivity index (χ4n) is 2.00. The molecule has 0 aliphatic heterocycles. The lowest BCUT2D eigenvalue weighted by Gasteiger charge is -2.24. The van der Waals surface area contributed by atoms with Crippen molar-refractivity contribution < 1.29 is 4.79 Å². The Labute approximate surface area is 124 Å². The van der Waals surface area contributed by atoms with Gasteiger partial charge in [0.25, 0.3) is 0 Å². The second kappa shape index (κ2) is 7.11. The van der Waals surface area contributed by atoms with Crippen molar-refractivity contribution in [1.29, 1.82) is 5.26 Å². The summed E-state index contributed by atoms with van der Waals surface area (Å²) in [6.45, 7) is 1.81. The van der Waals surface area contributed by atoms with Crippen LogP contribution in [0.2, 0.25) is 0 Å². The van der Waals surface area contributed by atoms with E-state index >= 15 is 0 Å². The van der Waals surface area contributed by atoms with Crippen molar-refractivity contribution in [1.82, 2.24) is 5.32 Å². The summed E-state index contributed by atoms with van der Waals surface area (Å²) in [7, 11) is 0. The summed E-state index contributed by atoms with van der Waals surface area (Å²) in [4.78, 5) is 14.1. The summed E-state index contributed by atoms with van der Waals surface area (Å²) in [5.74, 6) is 0. The van der Waals surface area contributed by atoms with Crippen LogP contribution in [0, 0.1) is 11.3 Å². The number of amides is 2. The van der Waals surface area contributed by atoms with Crippen LogP contribution in [0.3, 0.4) is 0 Å². The van der Waals surface area contributed by atoms with E-state index in [9.17, 15) is 4.79 Å². The number of anilines is 2. The molecule has 21 heavy (non-hydrogen) atoms. The van der Waals surface area contributed by atoms with E-state index in [1.165, 1.54) is 0 Å². The summed E-state index contributed by atoms with van der Waals surface area (Å²) in [5.41, 5.74) is 1.57. The number of nitriles is 1. The van der Waals surface area contributed by atoms with Crippen molar-refractivity contribution >= 4 is 17.4 Å². The molecule has 0 aliphatic carbocycles. The second-order valence-electron chi connectivity index (χ2n) is 4.72. The van der Waals surface area contributed by atoms with Crippen LogP contribution in [0.25, 0.3) is 0 Å². The summed E-state index contributed by atoms with van der Waals surface area (Å²) in [6.07, 6.45) is 0.281. The number of rotatable bonds is 4. The molecule has 0 radical (unpaired) electrons. The topological polar surface area (TPSA) is 56.1 Å². The molecule has 1 atom stereocenters. The van der Waals surface area contributed by atoms with E-state index in [-0.39, 0.29) is 18.5 Å². The molecule has 4 nitrogen and oxygen atoms in total. The van der Waals surface area contributed by atoms with Crippen LogP contribution < -0.4 is 10.2 Å². The van der Waals surface area contributed by atoms with Crippen molar-refractivity contribution in [2.45, 2.75) is 19.4 Å². The Morgan fingerprint density at radius 3 is 2.00 bits per heavy atom. The third-order valence-electron chi connectivity index (χ3n) is 3.00. The Morgan fingerprint density at radius 1 is 1.10 bits per heavy atom. The zero-order valence-corrected chi connectivity index (χ0v) is 11.9. The monoisotopic (exact) mass is 279 g/mol. The molecule has 106 valence electrons. The molecule has 2 amide bonds. The first-order valence-electron chi connectivity index (χ1n) is 6.80. The van der Waals surface area contributed by atoms with Crippen LogP contribution >= 0.6 is 0 Å². The third kappa shape index (κ3) is 3.83. The molecule has 0 spiro atoms. The van der Waals surface area contributed by atoms with Gasteiger partial charge in [0.15, 0.2) is 0 Å². The molecule has 0 saturated heterocycles. The van der Waals surface area contributed by atoms with Gasteiger partial charge in [0.05, 0.1) is 23.9 Å². The number of hydrogen-bond donors (Lipinski definition) is 1. The molecule has 0 aliphatic rings. The first-order chi connectivity index (χ1) is 10.2. The largest absolute Gasteiger partial charge is 0.334 e. The van der Waals surface area contributed by atoms with E-state index < -0.39 is 0 Å². The van der Waals surface area contributed by atoms with Gasteiger partial charge in [-0.2, -0.15) is 5.26 Å². The fourth-order valence-corrected chi connectivity index (χ4v) is 2.00. The lowest BCUT2D eigenvalue weighted by Crippen LogP contribution is -2.41. The van der Waals surface area contributed by atoms with Gasteiger partial charge in [0, 0.05) is 6.04 Å². The molecule has 0 bridgehead atoms. The molecule has 1 unspecified atom stereocenters. The number of urea groups is 1. The van der Waals surface area contributed by atoms with Gasteiger partial charge in [-0.3, -0.25) is 4.90 Å². The second-order valence-corrected chi connectivity index (χ2v) is 4.72. The van der Waals surface area contributed by atoms with Gasteiger partial charge in [-0.15, -0.1) is 0 Å². The molecule has 2 rings (SSSR count). The molecular formula is C17H17N3O. The van der Waals surface area contributed by atoms with Crippen LogP contribution in [-0.4, -0.2) is 12.1 Å². The van der Waals surface area contributed by atoms with Crippen molar-refractivity contribution in [3.63, 3.8) is 0 Å². The molecule has 2 aromatic carbocycles. The smallest absolute Gasteiger partial charge is 0.326 e. The van der Waals surface area contributed by atoms with Crippen LogP contribution in [0.5, 0.6) is 0 Å².